The quantitative estimate of drug-likeness (QED) is 0.0936. The maximum absolute atomic E-state index is 13.6. The van der Waals surface area contributed by atoms with Crippen molar-refractivity contribution in [1.29, 1.82) is 0 Å². The summed E-state index contributed by atoms with van der Waals surface area (Å²) in [7, 11) is 0. The number of rotatable bonds is 11. The Morgan fingerprint density at radius 1 is 0.361 bits per heavy atom. The van der Waals surface area contributed by atoms with Crippen molar-refractivity contribution in [2.24, 2.45) is 0 Å². The molecule has 2 aliphatic rings. The van der Waals surface area contributed by atoms with Crippen LogP contribution < -0.4 is 20.4 Å². The van der Waals surface area contributed by atoms with Gasteiger partial charge in [0.05, 0.1) is 58.6 Å². The molecule has 0 saturated heterocycles. The first-order valence-corrected chi connectivity index (χ1v) is 26.5. The fraction of sp³-hybridized carbons (Fsp3) is 0.0882. The van der Waals surface area contributed by atoms with Crippen LogP contribution in [0.1, 0.15) is 66.9 Å². The molecule has 10 aromatic rings. The molecule has 0 aliphatic carbocycles. The van der Waals surface area contributed by atoms with Crippen LogP contribution in [0.5, 0.6) is 0 Å². The van der Waals surface area contributed by atoms with Crippen LogP contribution in [-0.4, -0.2) is 66.6 Å². The molecule has 4 aromatic carbocycles. The van der Waals surface area contributed by atoms with Crippen molar-refractivity contribution in [3.8, 4) is 57.8 Å². The van der Waals surface area contributed by atoms with E-state index < -0.39 is 0 Å². The Morgan fingerprint density at radius 3 is 1.04 bits per heavy atom. The average molecular weight is 1170 g/mol. The summed E-state index contributed by atoms with van der Waals surface area (Å²) in [5.74, 6) is 11.8. The Balaban J connectivity index is 0.000000270. The summed E-state index contributed by atoms with van der Waals surface area (Å²) >= 11 is 0. The first-order chi connectivity index (χ1) is 40.3. The third-order valence-corrected chi connectivity index (χ3v) is 13.1. The first kappa shape index (κ1) is 57.1. The number of amides is 4. The second-order valence-corrected chi connectivity index (χ2v) is 18.5. The molecule has 0 fully saturated rings. The number of nitrogens with one attached hydrogen (secondary N) is 2. The van der Waals surface area contributed by atoms with E-state index >= 15 is 0 Å². The number of hydrogen-bond donors (Lipinski definition) is 2. The Bertz CT molecular complexity index is 3680. The van der Waals surface area contributed by atoms with Crippen molar-refractivity contribution in [2.75, 3.05) is 22.9 Å². The molecule has 0 saturated carbocycles. The summed E-state index contributed by atoms with van der Waals surface area (Å²) in [6.45, 7) is 0.958. The third kappa shape index (κ3) is 15.0. The predicted octanol–water partition coefficient (Wildman–Crippen LogP) is 10.6. The minimum absolute atomic E-state index is 0. The minimum Gasteiger partial charge on any atom is -0.352 e. The van der Waals surface area contributed by atoms with Crippen molar-refractivity contribution in [3.05, 3.63) is 276 Å². The standard InChI is InChI=1S/C48H36N6O4.2C10H8N2.Ru/c55-45(53-31-39-13-3-1-9-33(39)17-19-35-11-5-7-15-43(35)53)23-27-51-47(57)37-21-25-49-41(29-37)42-30-38(22-26-50-42)48(58)52-28-24-46(56)54-32-40-14-4-2-10-34(40)18-20-36-12-6-8-16-44(36)54;2*1-3-7-11-9(5-1)10-6-2-4-8-12-10;/h1-16,21-22,25-26,29-30H,23-24,27-28,31-32H2,(H,51,57)(H,52,58);2*1-8H;. The van der Waals surface area contributed by atoms with E-state index in [2.05, 4.69) is 64.2 Å². The fourth-order valence-electron chi connectivity index (χ4n) is 8.94. The van der Waals surface area contributed by atoms with Gasteiger partial charge in [0.2, 0.25) is 11.8 Å². The van der Waals surface area contributed by atoms with Gasteiger partial charge in [-0.1, -0.05) is 109 Å². The topological polar surface area (TPSA) is 176 Å². The van der Waals surface area contributed by atoms with Crippen LogP contribution in [0.4, 0.5) is 11.4 Å². The van der Waals surface area contributed by atoms with Gasteiger partial charge in [0, 0.05) is 116 Å². The van der Waals surface area contributed by atoms with Crippen molar-refractivity contribution < 1.29 is 38.7 Å². The van der Waals surface area contributed by atoms with Gasteiger partial charge in [-0.05, 0) is 120 Å². The van der Waals surface area contributed by atoms with Crippen molar-refractivity contribution in [2.45, 2.75) is 25.9 Å². The Morgan fingerprint density at radius 2 is 0.675 bits per heavy atom. The SMILES string of the molecule is O=C(NCCC(=O)N1Cc2ccccc2C#Cc2ccccc21)c1ccnc(-c2cc(C(=O)NCCC(=O)N3Cc4ccccc4C#Cc4ccccc43)ccn2)c1.[Ru].c1ccc(-c2ccccn2)nc1.c1ccc(-c2ccccn2)nc1. The molecule has 0 spiro atoms. The van der Waals surface area contributed by atoms with E-state index in [1.165, 1.54) is 12.4 Å². The zero-order chi connectivity index (χ0) is 56.3. The van der Waals surface area contributed by atoms with Crippen LogP contribution in [-0.2, 0) is 42.2 Å². The van der Waals surface area contributed by atoms with E-state index in [4.69, 9.17) is 0 Å². The van der Waals surface area contributed by atoms with Crippen LogP contribution in [0.25, 0.3) is 34.2 Å². The smallest absolute Gasteiger partial charge is 0.251 e. The Labute approximate surface area is 494 Å². The molecular weight excluding hydrogens is 1120 g/mol. The van der Waals surface area contributed by atoms with Crippen molar-refractivity contribution in [1.82, 2.24) is 40.5 Å². The van der Waals surface area contributed by atoms with Gasteiger partial charge in [-0.2, -0.15) is 0 Å². The number of fused-ring (bicyclic) bond motifs is 4. The zero-order valence-corrected chi connectivity index (χ0v) is 46.5. The van der Waals surface area contributed by atoms with Crippen LogP contribution in [0.15, 0.2) is 231 Å². The van der Waals surface area contributed by atoms with Crippen LogP contribution in [0, 0.1) is 23.7 Å². The predicted molar refractivity (Wildman–Crippen MR) is 316 cm³/mol. The maximum Gasteiger partial charge on any atom is 0.251 e. The second kappa shape index (κ2) is 28.5. The number of hydrogen-bond acceptors (Lipinski definition) is 10. The fourth-order valence-corrected chi connectivity index (χ4v) is 8.94. The molecule has 14 nitrogen and oxygen atoms in total. The molecule has 8 heterocycles. The third-order valence-electron chi connectivity index (χ3n) is 13.1. The van der Waals surface area contributed by atoms with E-state index in [1.54, 1.807) is 58.9 Å². The van der Waals surface area contributed by atoms with Gasteiger partial charge in [0.15, 0.2) is 0 Å². The van der Waals surface area contributed by atoms with Gasteiger partial charge in [-0.25, -0.2) is 0 Å². The molecule has 2 N–H and O–H groups in total. The molecule has 0 bridgehead atoms. The normalized spacial score (nSPS) is 11.3. The summed E-state index contributed by atoms with van der Waals surface area (Å²) in [5.41, 5.74) is 11.7. The van der Waals surface area contributed by atoms with E-state index in [9.17, 15) is 19.2 Å². The summed E-state index contributed by atoms with van der Waals surface area (Å²) in [6, 6.07) is 60.2. The summed E-state index contributed by atoms with van der Waals surface area (Å²) in [5, 5.41) is 5.71. The van der Waals surface area contributed by atoms with E-state index in [0.717, 1.165) is 67.5 Å². The zero-order valence-electron chi connectivity index (χ0n) is 44.7. The second-order valence-electron chi connectivity index (χ2n) is 18.5. The molecule has 406 valence electrons. The molecule has 6 aromatic heterocycles. The van der Waals surface area contributed by atoms with Gasteiger partial charge >= 0.3 is 0 Å². The van der Waals surface area contributed by atoms with Crippen LogP contribution in [0.3, 0.4) is 0 Å². The monoisotopic (exact) mass is 1170 g/mol. The van der Waals surface area contributed by atoms with Gasteiger partial charge in [0.1, 0.15) is 0 Å². The number of carbonyl (C=O) groups is 4. The summed E-state index contributed by atoms with van der Waals surface area (Å²) < 4.78 is 0. The van der Waals surface area contributed by atoms with E-state index in [1.807, 2.05) is 170 Å². The number of pyridine rings is 6. The molecule has 12 rings (SSSR count). The maximum atomic E-state index is 13.6. The molecule has 0 atom stereocenters. The van der Waals surface area contributed by atoms with E-state index in [0.29, 0.717) is 35.6 Å². The summed E-state index contributed by atoms with van der Waals surface area (Å²) in [6.07, 6.45) is 10.2. The molecule has 15 heteroatoms. The van der Waals surface area contributed by atoms with E-state index in [-0.39, 0.29) is 69.0 Å². The molecule has 0 unspecified atom stereocenters. The number of benzene rings is 4. The molecule has 2 aliphatic heterocycles. The van der Waals surface area contributed by atoms with Gasteiger partial charge in [0.25, 0.3) is 11.8 Å². The summed E-state index contributed by atoms with van der Waals surface area (Å²) in [4.78, 5) is 82.7. The minimum atomic E-state index is -0.377. The number of aromatic nitrogens is 6. The number of anilines is 2. The number of para-hydroxylation sites is 2. The number of carbonyl (C=O) groups excluding carboxylic acids is 4. The van der Waals surface area contributed by atoms with Gasteiger partial charge < -0.3 is 20.4 Å². The molecular formula is C68H52N10O4Ru. The Hall–Kier alpha value is -10.6. The van der Waals surface area contributed by atoms with Crippen molar-refractivity contribution in [3.63, 3.8) is 0 Å². The average Bonchev–Trinajstić information content (AvgIpc) is 3.70. The molecule has 4 amide bonds. The first-order valence-electron chi connectivity index (χ1n) is 26.5. The van der Waals surface area contributed by atoms with Gasteiger partial charge in [-0.15, -0.1) is 0 Å². The van der Waals surface area contributed by atoms with Crippen molar-refractivity contribution >= 4 is 35.0 Å². The largest absolute Gasteiger partial charge is 0.352 e. The molecule has 0 radical (unpaired) electrons. The van der Waals surface area contributed by atoms with Crippen LogP contribution in [0.2, 0.25) is 0 Å². The Kier molecular flexibility index (Phi) is 19.6. The number of nitrogens with zero attached hydrogens (tertiary/aromatic N) is 8. The van der Waals surface area contributed by atoms with Gasteiger partial charge in [-0.3, -0.25) is 49.1 Å². The van der Waals surface area contributed by atoms with Crippen LogP contribution >= 0.6 is 0 Å². The molecule has 83 heavy (non-hydrogen) atoms.